The van der Waals surface area contributed by atoms with Gasteiger partial charge in [0.25, 0.3) is 0 Å². The lowest BCUT2D eigenvalue weighted by Crippen LogP contribution is -2.54. The lowest BCUT2D eigenvalue weighted by molar-refractivity contribution is -0.165. The summed E-state index contributed by atoms with van der Waals surface area (Å²) in [6.45, 7) is 12.1. The van der Waals surface area contributed by atoms with Gasteiger partial charge in [-0.05, 0) is 77.4 Å². The van der Waals surface area contributed by atoms with Crippen LogP contribution in [0.1, 0.15) is 71.8 Å². The van der Waals surface area contributed by atoms with E-state index in [1.54, 1.807) is 7.11 Å². The van der Waals surface area contributed by atoms with Gasteiger partial charge < -0.3 is 24.0 Å². The van der Waals surface area contributed by atoms with Crippen molar-refractivity contribution in [3.8, 4) is 0 Å². The number of carbonyl (C=O) groups is 2. The predicted molar refractivity (Wildman–Crippen MR) is 143 cm³/mol. The van der Waals surface area contributed by atoms with Crippen LogP contribution >= 0.6 is 0 Å². The zero-order valence-electron chi connectivity index (χ0n) is 23.5. The van der Waals surface area contributed by atoms with Crippen molar-refractivity contribution >= 4 is 12.1 Å². The van der Waals surface area contributed by atoms with E-state index in [1.807, 2.05) is 56.0 Å². The maximum atomic E-state index is 13.1. The van der Waals surface area contributed by atoms with Crippen molar-refractivity contribution in [1.29, 1.82) is 0 Å². The van der Waals surface area contributed by atoms with Crippen LogP contribution in [0.2, 0.25) is 0 Å². The predicted octanol–water partition coefficient (Wildman–Crippen LogP) is 5.27. The summed E-state index contributed by atoms with van der Waals surface area (Å²) in [5, 5.41) is 0. The van der Waals surface area contributed by atoms with Crippen LogP contribution in [0, 0.1) is 16.7 Å². The van der Waals surface area contributed by atoms with Crippen LogP contribution in [-0.4, -0.2) is 73.4 Å². The number of carbonyl (C=O) groups excluding carboxylic acids is 2. The minimum Gasteiger partial charge on any atom is -0.460 e. The largest absolute Gasteiger partial charge is 0.460 e. The van der Waals surface area contributed by atoms with Crippen molar-refractivity contribution < 1.29 is 23.8 Å². The number of hydrogen-bond acceptors (Lipinski definition) is 6. The van der Waals surface area contributed by atoms with E-state index in [0.29, 0.717) is 25.7 Å². The first-order chi connectivity index (χ1) is 17.5. The summed E-state index contributed by atoms with van der Waals surface area (Å²) in [5.74, 6) is 0.447. The molecular weight excluding hydrogens is 468 g/mol. The van der Waals surface area contributed by atoms with Crippen LogP contribution in [0.4, 0.5) is 4.79 Å². The SMILES string of the molecule is COCC1(CN(C(=O)OC(C)(C)C)[C@@H]2C[C@H]2C)CCN(CC2(C(=O)OCc3ccccc3)CCC2)CC1. The molecule has 206 valence electrons. The maximum absolute atomic E-state index is 13.1. The van der Waals surface area contributed by atoms with E-state index in [2.05, 4.69) is 11.8 Å². The van der Waals surface area contributed by atoms with E-state index >= 15 is 0 Å². The number of hydrogen-bond donors (Lipinski definition) is 0. The number of methoxy groups -OCH3 is 1. The first-order valence-electron chi connectivity index (χ1n) is 14.0. The van der Waals surface area contributed by atoms with Crippen molar-refractivity contribution in [3.05, 3.63) is 35.9 Å². The Bertz CT molecular complexity index is 916. The average molecular weight is 515 g/mol. The molecule has 0 aromatic heterocycles. The number of benzene rings is 1. The highest BCUT2D eigenvalue weighted by Gasteiger charge is 2.50. The summed E-state index contributed by atoms with van der Waals surface area (Å²) in [6, 6.07) is 10.1. The Labute approximate surface area is 222 Å². The second-order valence-corrected chi connectivity index (χ2v) is 12.8. The van der Waals surface area contributed by atoms with Gasteiger partial charge in [-0.15, -0.1) is 0 Å². The van der Waals surface area contributed by atoms with Gasteiger partial charge in [0.2, 0.25) is 0 Å². The molecular formula is C30H46N2O5. The molecule has 3 fully saturated rings. The molecule has 1 amide bonds. The maximum Gasteiger partial charge on any atom is 0.410 e. The molecule has 1 aromatic carbocycles. The fourth-order valence-corrected chi connectivity index (χ4v) is 5.91. The second kappa shape index (κ2) is 11.3. The summed E-state index contributed by atoms with van der Waals surface area (Å²) in [4.78, 5) is 30.7. The van der Waals surface area contributed by atoms with Crippen molar-refractivity contribution in [3.63, 3.8) is 0 Å². The molecule has 2 saturated carbocycles. The molecule has 2 aliphatic carbocycles. The van der Waals surface area contributed by atoms with E-state index < -0.39 is 5.60 Å². The molecule has 37 heavy (non-hydrogen) atoms. The minimum absolute atomic E-state index is 0.0600. The molecule has 0 bridgehead atoms. The van der Waals surface area contributed by atoms with Crippen LogP contribution in [0.5, 0.6) is 0 Å². The normalized spacial score (nSPS) is 24.6. The van der Waals surface area contributed by atoms with E-state index in [0.717, 1.165) is 63.7 Å². The first-order valence-corrected chi connectivity index (χ1v) is 14.0. The number of esters is 1. The topological polar surface area (TPSA) is 68.3 Å². The zero-order chi connectivity index (χ0) is 26.7. The quantitative estimate of drug-likeness (QED) is 0.396. The van der Waals surface area contributed by atoms with Gasteiger partial charge in [0, 0.05) is 31.7 Å². The van der Waals surface area contributed by atoms with Crippen LogP contribution in [0.25, 0.3) is 0 Å². The summed E-state index contributed by atoms with van der Waals surface area (Å²) >= 11 is 0. The first kappa shape index (κ1) is 27.9. The van der Waals surface area contributed by atoms with Crippen molar-refractivity contribution in [2.75, 3.05) is 39.9 Å². The molecule has 1 heterocycles. The zero-order valence-corrected chi connectivity index (χ0v) is 23.5. The van der Waals surface area contributed by atoms with E-state index in [9.17, 15) is 9.59 Å². The van der Waals surface area contributed by atoms with Gasteiger partial charge in [-0.2, -0.15) is 0 Å². The lowest BCUT2D eigenvalue weighted by Gasteiger charge is -2.48. The Morgan fingerprint density at radius 2 is 1.73 bits per heavy atom. The minimum atomic E-state index is -0.516. The fourth-order valence-electron chi connectivity index (χ4n) is 5.91. The van der Waals surface area contributed by atoms with Gasteiger partial charge >= 0.3 is 12.1 Å². The smallest absolute Gasteiger partial charge is 0.410 e. The highest BCUT2D eigenvalue weighted by molar-refractivity contribution is 5.78. The van der Waals surface area contributed by atoms with Gasteiger partial charge in [0.1, 0.15) is 12.2 Å². The highest BCUT2D eigenvalue weighted by Crippen LogP contribution is 2.45. The monoisotopic (exact) mass is 514 g/mol. The average Bonchev–Trinajstić information content (AvgIpc) is 3.55. The van der Waals surface area contributed by atoms with E-state index in [-0.39, 0.29) is 28.9 Å². The highest BCUT2D eigenvalue weighted by atomic mass is 16.6. The van der Waals surface area contributed by atoms with Crippen molar-refractivity contribution in [1.82, 2.24) is 9.80 Å². The fraction of sp³-hybridized carbons (Fsp3) is 0.733. The van der Waals surface area contributed by atoms with Gasteiger partial charge in [-0.1, -0.05) is 43.7 Å². The van der Waals surface area contributed by atoms with Crippen LogP contribution in [0.3, 0.4) is 0 Å². The molecule has 2 atom stereocenters. The molecule has 4 rings (SSSR count). The molecule has 1 aliphatic heterocycles. The van der Waals surface area contributed by atoms with Gasteiger partial charge in [-0.25, -0.2) is 4.79 Å². The van der Waals surface area contributed by atoms with Gasteiger partial charge in [-0.3, -0.25) is 4.79 Å². The molecule has 0 spiro atoms. The van der Waals surface area contributed by atoms with Gasteiger partial charge in [0.05, 0.1) is 12.0 Å². The Kier molecular flexibility index (Phi) is 8.54. The van der Waals surface area contributed by atoms with Crippen LogP contribution in [-0.2, 0) is 25.6 Å². The molecule has 0 N–H and O–H groups in total. The summed E-state index contributed by atoms with van der Waals surface area (Å²) < 4.78 is 17.3. The molecule has 7 nitrogen and oxygen atoms in total. The number of rotatable bonds is 10. The van der Waals surface area contributed by atoms with Crippen LogP contribution < -0.4 is 0 Å². The second-order valence-electron chi connectivity index (χ2n) is 12.8. The lowest BCUT2D eigenvalue weighted by atomic mass is 9.67. The number of amides is 1. The Morgan fingerprint density at radius 3 is 2.24 bits per heavy atom. The standard InChI is InChI=1S/C30H46N2O5/c1-23-18-25(23)32(27(34)37-28(2,3)4)20-29(22-35-5)14-16-31(17-15-29)21-30(12-9-13-30)26(33)36-19-24-10-7-6-8-11-24/h6-8,10-11,23,25H,9,12-22H2,1-5H3/t23-,25-/m1/s1. The molecule has 1 aromatic rings. The molecule has 0 radical (unpaired) electrons. The summed E-state index contributed by atoms with van der Waals surface area (Å²) in [7, 11) is 1.75. The molecule has 0 unspecified atom stereocenters. The van der Waals surface area contributed by atoms with Crippen molar-refractivity contribution in [2.24, 2.45) is 16.7 Å². The number of nitrogens with zero attached hydrogens (tertiary/aromatic N) is 2. The van der Waals surface area contributed by atoms with E-state index in [4.69, 9.17) is 14.2 Å². The molecule has 3 aliphatic rings. The molecule has 7 heteroatoms. The third-order valence-corrected chi connectivity index (χ3v) is 8.45. The van der Waals surface area contributed by atoms with Crippen molar-refractivity contribution in [2.45, 2.75) is 84.5 Å². The Balaban J connectivity index is 1.36. The summed E-state index contributed by atoms with van der Waals surface area (Å²) in [6.07, 6.45) is 5.54. The Hall–Kier alpha value is -2.12. The van der Waals surface area contributed by atoms with Crippen LogP contribution in [0.15, 0.2) is 30.3 Å². The Morgan fingerprint density at radius 1 is 1.08 bits per heavy atom. The third kappa shape index (κ3) is 7.05. The number of likely N-dealkylation sites (tertiary alicyclic amines) is 1. The van der Waals surface area contributed by atoms with Gasteiger partial charge in [0.15, 0.2) is 0 Å². The number of ether oxygens (including phenoxy) is 3. The molecule has 1 saturated heterocycles. The third-order valence-electron chi connectivity index (χ3n) is 8.45. The van der Waals surface area contributed by atoms with E-state index in [1.165, 1.54) is 0 Å². The number of piperidine rings is 1. The summed E-state index contributed by atoms with van der Waals surface area (Å²) in [5.41, 5.74) is 0.0111.